The van der Waals surface area contributed by atoms with Gasteiger partial charge in [0.05, 0.1) is 19.2 Å². The molecule has 2 rings (SSSR count). The van der Waals surface area contributed by atoms with Crippen LogP contribution in [0.25, 0.3) is 0 Å². The lowest BCUT2D eigenvalue weighted by Crippen LogP contribution is -2.28. The van der Waals surface area contributed by atoms with Crippen molar-refractivity contribution in [3.63, 3.8) is 0 Å². The Kier molecular flexibility index (Phi) is 3.99. The Morgan fingerprint density at radius 1 is 1.35 bits per heavy atom. The van der Waals surface area contributed by atoms with Crippen molar-refractivity contribution in [3.8, 4) is 5.75 Å². The number of nitrogens with one attached hydrogen (secondary N) is 1. The SMILES string of the molecule is COc1ccc(Cn2[nH]c(=O)ccc2=O)cc1C(N)=S. The second kappa shape index (κ2) is 5.70. The van der Waals surface area contributed by atoms with Crippen LogP contribution in [0, 0.1) is 0 Å². The predicted molar refractivity (Wildman–Crippen MR) is 79.3 cm³/mol. The van der Waals surface area contributed by atoms with Crippen molar-refractivity contribution in [3.05, 3.63) is 62.2 Å². The Morgan fingerprint density at radius 2 is 2.10 bits per heavy atom. The maximum Gasteiger partial charge on any atom is 0.265 e. The molecule has 0 saturated carbocycles. The summed E-state index contributed by atoms with van der Waals surface area (Å²) in [5, 5.41) is 2.45. The van der Waals surface area contributed by atoms with Gasteiger partial charge in [0.2, 0.25) is 0 Å². The van der Waals surface area contributed by atoms with Crippen LogP contribution in [0.15, 0.2) is 39.9 Å². The van der Waals surface area contributed by atoms with Crippen LogP contribution in [-0.4, -0.2) is 21.9 Å². The Bertz CT molecular complexity index is 764. The molecule has 0 amide bonds. The van der Waals surface area contributed by atoms with E-state index in [-0.39, 0.29) is 22.7 Å². The molecule has 6 nitrogen and oxygen atoms in total. The molecule has 0 unspecified atom stereocenters. The van der Waals surface area contributed by atoms with E-state index in [0.717, 1.165) is 5.56 Å². The van der Waals surface area contributed by atoms with Gasteiger partial charge < -0.3 is 10.5 Å². The molecular weight excluding hydrogens is 278 g/mol. The lowest BCUT2D eigenvalue weighted by molar-refractivity contribution is 0.413. The number of hydrogen-bond donors (Lipinski definition) is 2. The zero-order chi connectivity index (χ0) is 14.7. The largest absolute Gasteiger partial charge is 0.496 e. The van der Waals surface area contributed by atoms with Gasteiger partial charge in [0, 0.05) is 12.1 Å². The number of nitrogens with zero attached hydrogens (tertiary/aromatic N) is 1. The molecule has 0 spiro atoms. The first kappa shape index (κ1) is 14.0. The maximum atomic E-state index is 11.6. The molecule has 20 heavy (non-hydrogen) atoms. The average molecular weight is 291 g/mol. The lowest BCUT2D eigenvalue weighted by atomic mass is 10.1. The predicted octanol–water partition coefficient (Wildman–Crippen LogP) is 0.228. The summed E-state index contributed by atoms with van der Waals surface area (Å²) in [6.07, 6.45) is 0. The van der Waals surface area contributed by atoms with E-state index in [1.165, 1.54) is 23.9 Å². The fourth-order valence-corrected chi connectivity index (χ4v) is 1.97. The third-order valence-electron chi connectivity index (χ3n) is 2.76. The minimum atomic E-state index is -0.340. The highest BCUT2D eigenvalue weighted by Crippen LogP contribution is 2.19. The van der Waals surface area contributed by atoms with E-state index < -0.39 is 0 Å². The van der Waals surface area contributed by atoms with E-state index in [0.29, 0.717) is 11.3 Å². The summed E-state index contributed by atoms with van der Waals surface area (Å²) in [5.41, 5.74) is 6.36. The molecule has 2 aromatic rings. The van der Waals surface area contributed by atoms with Gasteiger partial charge in [-0.2, -0.15) is 0 Å². The summed E-state index contributed by atoms with van der Waals surface area (Å²) in [7, 11) is 1.52. The van der Waals surface area contributed by atoms with Gasteiger partial charge in [-0.05, 0) is 17.7 Å². The van der Waals surface area contributed by atoms with Crippen LogP contribution in [0.4, 0.5) is 0 Å². The molecule has 0 atom stereocenters. The van der Waals surface area contributed by atoms with Crippen molar-refractivity contribution in [1.29, 1.82) is 0 Å². The van der Waals surface area contributed by atoms with Gasteiger partial charge >= 0.3 is 0 Å². The van der Waals surface area contributed by atoms with Crippen molar-refractivity contribution in [2.45, 2.75) is 6.54 Å². The van der Waals surface area contributed by atoms with Crippen molar-refractivity contribution < 1.29 is 4.74 Å². The van der Waals surface area contributed by atoms with Crippen LogP contribution in [-0.2, 0) is 6.54 Å². The van der Waals surface area contributed by atoms with Crippen molar-refractivity contribution in [2.75, 3.05) is 7.11 Å². The summed E-state index contributed by atoms with van der Waals surface area (Å²) < 4.78 is 6.38. The molecule has 1 aromatic heterocycles. The number of methoxy groups -OCH3 is 1. The standard InChI is InChI=1S/C13H13N3O3S/c1-19-10-3-2-8(6-9(10)13(14)20)7-16-12(18)5-4-11(17)15-16/h2-6H,7H2,1H3,(H2,14,20)(H,15,17). The highest BCUT2D eigenvalue weighted by Gasteiger charge is 2.08. The summed E-state index contributed by atoms with van der Waals surface area (Å²) in [6, 6.07) is 7.64. The van der Waals surface area contributed by atoms with E-state index >= 15 is 0 Å². The third-order valence-corrected chi connectivity index (χ3v) is 2.98. The second-order valence-electron chi connectivity index (χ2n) is 4.13. The summed E-state index contributed by atoms with van der Waals surface area (Å²) >= 11 is 4.96. The minimum Gasteiger partial charge on any atom is -0.496 e. The average Bonchev–Trinajstić information content (AvgIpc) is 2.42. The number of hydrogen-bond acceptors (Lipinski definition) is 4. The summed E-state index contributed by atoms with van der Waals surface area (Å²) in [6.45, 7) is 0.217. The Hall–Kier alpha value is -2.41. The minimum absolute atomic E-state index is 0.206. The fourth-order valence-electron chi connectivity index (χ4n) is 1.81. The topological polar surface area (TPSA) is 90.1 Å². The monoisotopic (exact) mass is 291 g/mol. The molecule has 7 heteroatoms. The van der Waals surface area contributed by atoms with Crippen LogP contribution >= 0.6 is 12.2 Å². The molecule has 0 bridgehead atoms. The van der Waals surface area contributed by atoms with Gasteiger partial charge in [-0.15, -0.1) is 0 Å². The first-order chi connectivity index (χ1) is 9.51. The molecule has 1 heterocycles. The molecule has 0 aliphatic rings. The number of H-pyrrole nitrogens is 1. The van der Waals surface area contributed by atoms with Gasteiger partial charge in [-0.25, -0.2) is 4.68 Å². The highest BCUT2D eigenvalue weighted by atomic mass is 32.1. The second-order valence-corrected chi connectivity index (χ2v) is 4.57. The van der Waals surface area contributed by atoms with Crippen LogP contribution in [0.3, 0.4) is 0 Å². The Labute approximate surface area is 119 Å². The van der Waals surface area contributed by atoms with Crippen molar-refractivity contribution in [1.82, 2.24) is 9.78 Å². The van der Waals surface area contributed by atoms with Gasteiger partial charge in [0.1, 0.15) is 10.7 Å². The van der Waals surface area contributed by atoms with Gasteiger partial charge in [-0.1, -0.05) is 18.3 Å². The van der Waals surface area contributed by atoms with Crippen LogP contribution < -0.4 is 21.6 Å². The molecule has 104 valence electrons. The number of nitrogens with two attached hydrogens (primary N) is 1. The van der Waals surface area contributed by atoms with Gasteiger partial charge in [-0.3, -0.25) is 14.7 Å². The first-order valence-electron chi connectivity index (χ1n) is 5.78. The molecule has 3 N–H and O–H groups in total. The summed E-state index contributed by atoms with van der Waals surface area (Å²) in [5.74, 6) is 0.565. The van der Waals surface area contributed by atoms with Crippen molar-refractivity contribution >= 4 is 17.2 Å². The molecule has 0 aliphatic heterocycles. The normalized spacial score (nSPS) is 10.2. The third kappa shape index (κ3) is 2.94. The van der Waals surface area contributed by atoms with Crippen molar-refractivity contribution in [2.24, 2.45) is 5.73 Å². The van der Waals surface area contributed by atoms with Crippen LogP contribution in [0.2, 0.25) is 0 Å². The molecule has 0 saturated heterocycles. The van der Waals surface area contributed by atoms with Gasteiger partial charge in [0.25, 0.3) is 11.1 Å². The molecular formula is C13H13N3O3S. The quantitative estimate of drug-likeness (QED) is 0.787. The molecule has 0 aliphatic carbocycles. The zero-order valence-corrected chi connectivity index (χ0v) is 11.6. The highest BCUT2D eigenvalue weighted by molar-refractivity contribution is 7.80. The van der Waals surface area contributed by atoms with E-state index in [4.69, 9.17) is 22.7 Å². The number of benzene rings is 1. The van der Waals surface area contributed by atoms with E-state index in [1.54, 1.807) is 18.2 Å². The smallest absolute Gasteiger partial charge is 0.265 e. The number of rotatable bonds is 4. The molecule has 1 aromatic carbocycles. The van der Waals surface area contributed by atoms with Crippen LogP contribution in [0.1, 0.15) is 11.1 Å². The molecule has 0 fully saturated rings. The van der Waals surface area contributed by atoms with E-state index in [2.05, 4.69) is 5.10 Å². The lowest BCUT2D eigenvalue weighted by Gasteiger charge is -2.10. The van der Waals surface area contributed by atoms with Crippen LogP contribution in [0.5, 0.6) is 5.75 Å². The summed E-state index contributed by atoms with van der Waals surface area (Å²) in [4.78, 5) is 23.1. The molecule has 0 radical (unpaired) electrons. The number of ether oxygens (including phenoxy) is 1. The first-order valence-corrected chi connectivity index (χ1v) is 6.19. The zero-order valence-electron chi connectivity index (χ0n) is 10.8. The van der Waals surface area contributed by atoms with E-state index in [1.807, 2.05) is 0 Å². The number of aromatic amines is 1. The number of aromatic nitrogens is 2. The number of thiocarbonyl (C=S) groups is 1. The Morgan fingerprint density at radius 3 is 2.75 bits per heavy atom. The van der Waals surface area contributed by atoms with Gasteiger partial charge in [0.15, 0.2) is 0 Å². The Balaban J connectivity index is 2.42. The maximum absolute atomic E-state index is 11.6. The van der Waals surface area contributed by atoms with E-state index in [9.17, 15) is 9.59 Å². The fraction of sp³-hybridized carbons (Fsp3) is 0.154.